The number of ether oxygens (including phenoxy) is 1. The monoisotopic (exact) mass is 283 g/mol. The summed E-state index contributed by atoms with van der Waals surface area (Å²) in [5.74, 6) is 0.200. The summed E-state index contributed by atoms with van der Waals surface area (Å²) in [4.78, 5) is 21.9. The molecule has 0 atom stereocenters. The number of anilines is 1. The number of hydrogen-bond donors (Lipinski definition) is 0. The van der Waals surface area contributed by atoms with Crippen molar-refractivity contribution < 1.29 is 9.53 Å². The van der Waals surface area contributed by atoms with E-state index in [0.29, 0.717) is 13.0 Å². The van der Waals surface area contributed by atoms with Crippen molar-refractivity contribution in [2.75, 3.05) is 18.6 Å². The Hall–Kier alpha value is -2.27. The van der Waals surface area contributed by atoms with Crippen LogP contribution in [0.3, 0.4) is 0 Å². The first-order valence-corrected chi connectivity index (χ1v) is 6.98. The van der Waals surface area contributed by atoms with E-state index in [1.165, 1.54) is 6.33 Å². The van der Waals surface area contributed by atoms with Crippen molar-refractivity contribution in [3.05, 3.63) is 42.5 Å². The predicted molar refractivity (Wildman–Crippen MR) is 79.8 cm³/mol. The van der Waals surface area contributed by atoms with E-state index in [9.17, 15) is 4.79 Å². The lowest BCUT2D eigenvalue weighted by Gasteiger charge is -2.16. The summed E-state index contributed by atoms with van der Waals surface area (Å²) in [7, 11) is 1.65. The minimum atomic E-state index is 0.200. The van der Waals surface area contributed by atoms with Gasteiger partial charge in [-0.25, -0.2) is 9.97 Å². The molecular formula is C16H17N3O2. The number of carbonyl (C=O) groups is 1. The SMILES string of the molecule is COCc1ncncc1-c1ccc(N2CCCC2=O)cc1. The molecule has 5 heteroatoms. The van der Waals surface area contributed by atoms with Crippen LogP contribution in [-0.2, 0) is 16.1 Å². The number of methoxy groups -OCH3 is 1. The van der Waals surface area contributed by atoms with Gasteiger partial charge in [0.25, 0.3) is 0 Å². The zero-order valence-electron chi connectivity index (χ0n) is 12.0. The molecule has 2 heterocycles. The van der Waals surface area contributed by atoms with Crippen LogP contribution in [0.4, 0.5) is 5.69 Å². The smallest absolute Gasteiger partial charge is 0.227 e. The van der Waals surface area contributed by atoms with Gasteiger partial charge in [-0.15, -0.1) is 0 Å². The van der Waals surface area contributed by atoms with Crippen molar-refractivity contribution in [2.45, 2.75) is 19.4 Å². The summed E-state index contributed by atoms with van der Waals surface area (Å²) in [5, 5.41) is 0. The number of rotatable bonds is 4. The van der Waals surface area contributed by atoms with E-state index in [1.54, 1.807) is 13.3 Å². The van der Waals surface area contributed by atoms with Crippen LogP contribution in [-0.4, -0.2) is 29.5 Å². The molecule has 0 radical (unpaired) electrons. The maximum Gasteiger partial charge on any atom is 0.227 e. The molecule has 5 nitrogen and oxygen atoms in total. The van der Waals surface area contributed by atoms with Crippen molar-refractivity contribution >= 4 is 11.6 Å². The van der Waals surface area contributed by atoms with Crippen LogP contribution in [0.15, 0.2) is 36.8 Å². The first-order valence-electron chi connectivity index (χ1n) is 6.98. The molecule has 0 saturated carbocycles. The Morgan fingerprint density at radius 3 is 2.76 bits per heavy atom. The Kier molecular flexibility index (Phi) is 3.92. The average molecular weight is 283 g/mol. The standard InChI is InChI=1S/C16H17N3O2/c1-21-10-15-14(9-17-11-18-15)12-4-6-13(7-5-12)19-8-2-3-16(19)20/h4-7,9,11H,2-3,8,10H2,1H3. The van der Waals surface area contributed by atoms with Crippen LogP contribution < -0.4 is 4.90 Å². The fourth-order valence-corrected chi connectivity index (χ4v) is 2.59. The number of nitrogens with zero attached hydrogens (tertiary/aromatic N) is 3. The number of hydrogen-bond acceptors (Lipinski definition) is 4. The van der Waals surface area contributed by atoms with Gasteiger partial charge < -0.3 is 9.64 Å². The second kappa shape index (κ2) is 6.01. The van der Waals surface area contributed by atoms with Gasteiger partial charge in [-0.05, 0) is 24.1 Å². The van der Waals surface area contributed by atoms with Crippen molar-refractivity contribution in [3.8, 4) is 11.1 Å². The van der Waals surface area contributed by atoms with Crippen LogP contribution in [0.2, 0.25) is 0 Å². The Bertz CT molecular complexity index is 640. The van der Waals surface area contributed by atoms with Gasteiger partial charge in [0.1, 0.15) is 6.33 Å². The summed E-state index contributed by atoms with van der Waals surface area (Å²) in [6.07, 6.45) is 4.89. The van der Waals surface area contributed by atoms with Gasteiger partial charge in [0, 0.05) is 37.5 Å². The highest BCUT2D eigenvalue weighted by atomic mass is 16.5. The fourth-order valence-electron chi connectivity index (χ4n) is 2.59. The molecule has 1 fully saturated rings. The molecule has 0 spiro atoms. The molecule has 1 aliphatic heterocycles. The van der Waals surface area contributed by atoms with Crippen molar-refractivity contribution in [2.24, 2.45) is 0 Å². The summed E-state index contributed by atoms with van der Waals surface area (Å²) >= 11 is 0. The quantitative estimate of drug-likeness (QED) is 0.864. The summed E-state index contributed by atoms with van der Waals surface area (Å²) < 4.78 is 5.17. The first-order chi connectivity index (χ1) is 10.3. The minimum absolute atomic E-state index is 0.200. The Balaban J connectivity index is 1.89. The lowest BCUT2D eigenvalue weighted by Crippen LogP contribution is -2.23. The predicted octanol–water partition coefficient (Wildman–Crippen LogP) is 2.42. The second-order valence-corrected chi connectivity index (χ2v) is 5.01. The number of carbonyl (C=O) groups excluding carboxylic acids is 1. The van der Waals surface area contributed by atoms with E-state index in [2.05, 4.69) is 9.97 Å². The van der Waals surface area contributed by atoms with Gasteiger partial charge in [0.2, 0.25) is 5.91 Å². The van der Waals surface area contributed by atoms with Gasteiger partial charge in [0.05, 0.1) is 12.3 Å². The molecule has 3 rings (SSSR count). The lowest BCUT2D eigenvalue weighted by molar-refractivity contribution is -0.117. The molecule has 108 valence electrons. The van der Waals surface area contributed by atoms with Gasteiger partial charge in [-0.2, -0.15) is 0 Å². The largest absolute Gasteiger partial charge is 0.378 e. The van der Waals surface area contributed by atoms with Gasteiger partial charge in [0.15, 0.2) is 0 Å². The Labute approximate surface area is 123 Å². The van der Waals surface area contributed by atoms with Crippen LogP contribution in [0.1, 0.15) is 18.5 Å². The zero-order valence-corrected chi connectivity index (χ0v) is 12.0. The molecule has 0 unspecified atom stereocenters. The minimum Gasteiger partial charge on any atom is -0.378 e. The number of benzene rings is 1. The van der Waals surface area contributed by atoms with E-state index < -0.39 is 0 Å². The van der Waals surface area contributed by atoms with Crippen LogP contribution in [0.5, 0.6) is 0 Å². The lowest BCUT2D eigenvalue weighted by atomic mass is 10.1. The van der Waals surface area contributed by atoms with E-state index >= 15 is 0 Å². The van der Waals surface area contributed by atoms with Crippen LogP contribution >= 0.6 is 0 Å². The molecule has 2 aromatic rings. The Morgan fingerprint density at radius 1 is 1.29 bits per heavy atom. The van der Waals surface area contributed by atoms with E-state index in [-0.39, 0.29) is 5.91 Å². The zero-order chi connectivity index (χ0) is 14.7. The highest BCUT2D eigenvalue weighted by Crippen LogP contribution is 2.27. The highest BCUT2D eigenvalue weighted by molar-refractivity contribution is 5.95. The molecular weight excluding hydrogens is 266 g/mol. The molecule has 0 N–H and O–H groups in total. The van der Waals surface area contributed by atoms with Crippen molar-refractivity contribution in [1.82, 2.24) is 9.97 Å². The molecule has 1 aliphatic rings. The maximum absolute atomic E-state index is 11.8. The van der Waals surface area contributed by atoms with Gasteiger partial charge >= 0.3 is 0 Å². The first kappa shape index (κ1) is 13.7. The summed E-state index contributed by atoms with van der Waals surface area (Å²) in [6.45, 7) is 1.26. The highest BCUT2D eigenvalue weighted by Gasteiger charge is 2.21. The molecule has 0 bridgehead atoms. The third-order valence-corrected chi connectivity index (χ3v) is 3.64. The van der Waals surface area contributed by atoms with Crippen LogP contribution in [0, 0.1) is 0 Å². The van der Waals surface area contributed by atoms with Crippen molar-refractivity contribution in [3.63, 3.8) is 0 Å². The van der Waals surface area contributed by atoms with E-state index in [4.69, 9.17) is 4.74 Å². The van der Waals surface area contributed by atoms with E-state index in [1.807, 2.05) is 29.2 Å². The molecule has 0 aliphatic carbocycles. The summed E-state index contributed by atoms with van der Waals surface area (Å²) in [5.41, 5.74) is 3.79. The maximum atomic E-state index is 11.8. The molecule has 1 saturated heterocycles. The Morgan fingerprint density at radius 2 is 2.10 bits per heavy atom. The third-order valence-electron chi connectivity index (χ3n) is 3.64. The summed E-state index contributed by atoms with van der Waals surface area (Å²) in [6, 6.07) is 7.95. The van der Waals surface area contributed by atoms with Crippen LogP contribution in [0.25, 0.3) is 11.1 Å². The average Bonchev–Trinajstić information content (AvgIpc) is 2.95. The molecule has 1 aromatic heterocycles. The van der Waals surface area contributed by atoms with Gasteiger partial charge in [-0.1, -0.05) is 12.1 Å². The van der Waals surface area contributed by atoms with Crippen molar-refractivity contribution in [1.29, 1.82) is 0 Å². The molecule has 1 amide bonds. The third kappa shape index (κ3) is 2.78. The number of amides is 1. The number of aromatic nitrogens is 2. The second-order valence-electron chi connectivity index (χ2n) is 5.01. The fraction of sp³-hybridized carbons (Fsp3) is 0.312. The topological polar surface area (TPSA) is 55.3 Å². The van der Waals surface area contributed by atoms with Gasteiger partial charge in [-0.3, -0.25) is 4.79 Å². The van der Waals surface area contributed by atoms with E-state index in [0.717, 1.165) is 35.5 Å². The molecule has 1 aromatic carbocycles. The molecule has 21 heavy (non-hydrogen) atoms. The normalized spacial score (nSPS) is 14.7.